The van der Waals surface area contributed by atoms with E-state index in [0.717, 1.165) is 41.8 Å². The molecule has 0 aliphatic heterocycles. The Morgan fingerprint density at radius 1 is 1.32 bits per heavy atom. The molecule has 0 saturated heterocycles. The van der Waals surface area contributed by atoms with Gasteiger partial charge in [-0.1, -0.05) is 24.8 Å². The van der Waals surface area contributed by atoms with Crippen molar-refractivity contribution in [3.8, 4) is 0 Å². The molecule has 0 aliphatic rings. The molecule has 0 radical (unpaired) electrons. The van der Waals surface area contributed by atoms with Crippen molar-refractivity contribution in [2.75, 3.05) is 5.75 Å². The van der Waals surface area contributed by atoms with Gasteiger partial charge < -0.3 is 10.3 Å². The molecule has 2 heterocycles. The molecule has 0 bridgehead atoms. The summed E-state index contributed by atoms with van der Waals surface area (Å²) < 4.78 is 2.11. The molecule has 0 atom stereocenters. The average Bonchev–Trinajstić information content (AvgIpc) is 2.83. The van der Waals surface area contributed by atoms with Crippen molar-refractivity contribution in [2.24, 2.45) is 5.73 Å². The van der Waals surface area contributed by atoms with Crippen LogP contribution in [-0.4, -0.2) is 25.5 Å². The summed E-state index contributed by atoms with van der Waals surface area (Å²) in [5.74, 6) is 1.81. The highest BCUT2D eigenvalue weighted by Gasteiger charge is 2.10. The van der Waals surface area contributed by atoms with E-state index in [1.807, 2.05) is 24.4 Å². The highest BCUT2D eigenvalue weighted by molar-refractivity contribution is 7.99. The third-order valence-corrected chi connectivity index (χ3v) is 3.71. The highest BCUT2D eigenvalue weighted by atomic mass is 32.2. The van der Waals surface area contributed by atoms with E-state index < -0.39 is 0 Å². The van der Waals surface area contributed by atoms with Gasteiger partial charge in [0.25, 0.3) is 0 Å². The number of thioether (sulfide) groups is 1. The van der Waals surface area contributed by atoms with Gasteiger partial charge in [-0.15, -0.1) is 10.2 Å². The van der Waals surface area contributed by atoms with Gasteiger partial charge >= 0.3 is 0 Å². The average molecular weight is 277 g/mol. The van der Waals surface area contributed by atoms with Crippen LogP contribution in [0, 0.1) is 0 Å². The molecule has 0 unspecified atom stereocenters. The van der Waals surface area contributed by atoms with Gasteiger partial charge in [-0.05, 0) is 25.0 Å². The fraction of sp³-hybridized carbons (Fsp3) is 0.462. The Labute approximate surface area is 117 Å². The van der Waals surface area contributed by atoms with Crippen molar-refractivity contribution in [3.05, 3.63) is 35.9 Å². The first-order valence-electron chi connectivity index (χ1n) is 6.50. The van der Waals surface area contributed by atoms with Crippen LogP contribution in [0.3, 0.4) is 0 Å². The molecule has 19 heavy (non-hydrogen) atoms. The van der Waals surface area contributed by atoms with E-state index in [2.05, 4.69) is 26.7 Å². The Balaban J connectivity index is 1.94. The maximum Gasteiger partial charge on any atom is 0.191 e. The first kappa shape index (κ1) is 14.0. The van der Waals surface area contributed by atoms with E-state index in [1.54, 1.807) is 11.8 Å². The summed E-state index contributed by atoms with van der Waals surface area (Å²) in [7, 11) is 0. The van der Waals surface area contributed by atoms with Gasteiger partial charge in [0, 0.05) is 24.2 Å². The Bertz CT molecular complexity index is 497. The summed E-state index contributed by atoms with van der Waals surface area (Å²) in [6.45, 7) is 3.50. The minimum atomic E-state index is 0.438. The summed E-state index contributed by atoms with van der Waals surface area (Å²) in [6, 6.07) is 5.99. The molecule has 6 heteroatoms. The minimum absolute atomic E-state index is 0.438. The van der Waals surface area contributed by atoms with Crippen LogP contribution in [0.2, 0.25) is 0 Å². The number of nitrogens with zero attached hydrogens (tertiary/aromatic N) is 4. The second kappa shape index (κ2) is 7.25. The lowest BCUT2D eigenvalue weighted by Gasteiger charge is -2.07. The SMILES string of the molecule is CCCn1c(CN)nnc1SCCc1ccccn1. The molecule has 0 spiro atoms. The molecule has 2 aromatic rings. The molecular weight excluding hydrogens is 258 g/mol. The standard InChI is InChI=1S/C13H19N5S/c1-2-8-18-12(10-14)16-17-13(18)19-9-6-11-5-3-4-7-15-11/h3-5,7H,2,6,8-10,14H2,1H3. The second-order valence-electron chi connectivity index (χ2n) is 4.17. The van der Waals surface area contributed by atoms with Crippen molar-refractivity contribution < 1.29 is 0 Å². The van der Waals surface area contributed by atoms with Crippen LogP contribution in [0.25, 0.3) is 0 Å². The van der Waals surface area contributed by atoms with Crippen molar-refractivity contribution in [2.45, 2.75) is 38.0 Å². The maximum atomic E-state index is 5.67. The number of hydrogen-bond donors (Lipinski definition) is 1. The Morgan fingerprint density at radius 3 is 2.89 bits per heavy atom. The van der Waals surface area contributed by atoms with Gasteiger partial charge in [0.15, 0.2) is 5.16 Å². The number of rotatable bonds is 7. The Kier molecular flexibility index (Phi) is 5.35. The van der Waals surface area contributed by atoms with E-state index >= 15 is 0 Å². The fourth-order valence-corrected chi connectivity index (χ4v) is 2.76. The normalized spacial score (nSPS) is 10.8. The van der Waals surface area contributed by atoms with Crippen LogP contribution in [-0.2, 0) is 19.5 Å². The Morgan fingerprint density at radius 2 is 2.21 bits per heavy atom. The van der Waals surface area contributed by atoms with Gasteiger partial charge in [-0.25, -0.2) is 0 Å². The summed E-state index contributed by atoms with van der Waals surface area (Å²) in [6.07, 6.45) is 3.81. The number of aryl methyl sites for hydroxylation is 1. The molecule has 0 aromatic carbocycles. The zero-order valence-corrected chi connectivity index (χ0v) is 11.9. The number of hydrogen-bond acceptors (Lipinski definition) is 5. The lowest BCUT2D eigenvalue weighted by Crippen LogP contribution is -2.09. The number of pyridine rings is 1. The van der Waals surface area contributed by atoms with E-state index in [4.69, 9.17) is 5.73 Å². The zero-order valence-electron chi connectivity index (χ0n) is 11.1. The van der Waals surface area contributed by atoms with Crippen molar-refractivity contribution in [1.82, 2.24) is 19.7 Å². The maximum absolute atomic E-state index is 5.67. The van der Waals surface area contributed by atoms with E-state index in [9.17, 15) is 0 Å². The quantitative estimate of drug-likeness (QED) is 0.782. The highest BCUT2D eigenvalue weighted by Crippen LogP contribution is 2.18. The summed E-state index contributed by atoms with van der Waals surface area (Å²) in [5, 5.41) is 9.30. The third kappa shape index (κ3) is 3.78. The molecule has 0 aliphatic carbocycles. The van der Waals surface area contributed by atoms with Gasteiger partial charge in [0.2, 0.25) is 0 Å². The van der Waals surface area contributed by atoms with Crippen LogP contribution in [0.4, 0.5) is 0 Å². The Hall–Kier alpha value is -1.40. The van der Waals surface area contributed by atoms with Crippen LogP contribution >= 0.6 is 11.8 Å². The van der Waals surface area contributed by atoms with E-state index in [-0.39, 0.29) is 0 Å². The summed E-state index contributed by atoms with van der Waals surface area (Å²) in [4.78, 5) is 4.31. The predicted molar refractivity (Wildman–Crippen MR) is 76.9 cm³/mol. The molecular formula is C13H19N5S. The first-order chi connectivity index (χ1) is 9.35. The predicted octanol–water partition coefficient (Wildman–Crippen LogP) is 1.88. The molecule has 2 aromatic heterocycles. The van der Waals surface area contributed by atoms with E-state index in [1.165, 1.54) is 0 Å². The number of aromatic nitrogens is 4. The lowest BCUT2D eigenvalue weighted by molar-refractivity contribution is 0.592. The van der Waals surface area contributed by atoms with Crippen LogP contribution in [0.1, 0.15) is 24.9 Å². The minimum Gasteiger partial charge on any atom is -0.324 e. The van der Waals surface area contributed by atoms with Gasteiger partial charge in [-0.2, -0.15) is 0 Å². The molecule has 0 saturated carbocycles. The number of nitrogens with two attached hydrogens (primary N) is 1. The molecule has 2 N–H and O–H groups in total. The van der Waals surface area contributed by atoms with Crippen LogP contribution in [0.15, 0.2) is 29.6 Å². The molecule has 102 valence electrons. The first-order valence-corrected chi connectivity index (χ1v) is 7.48. The van der Waals surface area contributed by atoms with E-state index in [0.29, 0.717) is 6.54 Å². The smallest absolute Gasteiger partial charge is 0.191 e. The van der Waals surface area contributed by atoms with Gasteiger partial charge in [-0.3, -0.25) is 4.98 Å². The fourth-order valence-electron chi connectivity index (χ4n) is 1.82. The molecule has 0 fully saturated rings. The van der Waals surface area contributed by atoms with Gasteiger partial charge in [0.05, 0.1) is 6.54 Å². The van der Waals surface area contributed by atoms with Crippen molar-refractivity contribution >= 4 is 11.8 Å². The van der Waals surface area contributed by atoms with Crippen molar-refractivity contribution in [3.63, 3.8) is 0 Å². The van der Waals surface area contributed by atoms with Gasteiger partial charge in [0.1, 0.15) is 5.82 Å². The lowest BCUT2D eigenvalue weighted by atomic mass is 10.3. The molecule has 5 nitrogen and oxygen atoms in total. The molecule has 0 amide bonds. The topological polar surface area (TPSA) is 69.6 Å². The monoisotopic (exact) mass is 277 g/mol. The second-order valence-corrected chi connectivity index (χ2v) is 5.24. The summed E-state index contributed by atoms with van der Waals surface area (Å²) >= 11 is 1.71. The van der Waals surface area contributed by atoms with Crippen LogP contribution < -0.4 is 5.73 Å². The molecule has 2 rings (SSSR count). The zero-order chi connectivity index (χ0) is 13.5. The van der Waals surface area contributed by atoms with Crippen molar-refractivity contribution in [1.29, 1.82) is 0 Å². The van der Waals surface area contributed by atoms with Crippen LogP contribution in [0.5, 0.6) is 0 Å². The third-order valence-electron chi connectivity index (χ3n) is 2.74. The summed E-state index contributed by atoms with van der Waals surface area (Å²) in [5.41, 5.74) is 6.78. The largest absolute Gasteiger partial charge is 0.324 e.